The zero-order chi connectivity index (χ0) is 26.1. The molecule has 1 unspecified atom stereocenters. The van der Waals surface area contributed by atoms with Crippen LogP contribution in [0.4, 0.5) is 10.1 Å². The molecule has 182 valence electrons. The summed E-state index contributed by atoms with van der Waals surface area (Å²) < 4.78 is 25.9. The van der Waals surface area contributed by atoms with E-state index >= 15 is 4.39 Å². The second-order valence-electron chi connectivity index (χ2n) is 8.87. The number of halogens is 2. The van der Waals surface area contributed by atoms with Crippen molar-refractivity contribution in [2.45, 2.75) is 32.1 Å². The molecule has 0 saturated carbocycles. The summed E-state index contributed by atoms with van der Waals surface area (Å²) in [6.45, 7) is 5.78. The van der Waals surface area contributed by atoms with Crippen LogP contribution in [0.15, 0.2) is 69.6 Å². The summed E-state index contributed by atoms with van der Waals surface area (Å²) in [7, 11) is 2.28. The van der Waals surface area contributed by atoms with Gasteiger partial charge in [-0.3, -0.25) is 4.90 Å². The monoisotopic (exact) mass is 541 g/mol. The van der Waals surface area contributed by atoms with Gasteiger partial charge >= 0.3 is 11.9 Å². The van der Waals surface area contributed by atoms with E-state index in [-0.39, 0.29) is 38.2 Å². The van der Waals surface area contributed by atoms with Crippen LogP contribution in [-0.4, -0.2) is 26.2 Å². The number of methoxy groups -OCH3 is 2. The largest absolute Gasteiger partial charge is 0.466 e. The highest BCUT2D eigenvalue weighted by Crippen LogP contribution is 2.46. The summed E-state index contributed by atoms with van der Waals surface area (Å²) in [5.74, 6) is -3.79. The Kier molecular flexibility index (Phi) is 7.36. The third-order valence-corrected chi connectivity index (χ3v) is 6.32. The standard InChI is InChI=1S/C26H25BrFN3O4/c1-26(2,3)15-11-17(27)21(18(28)12-15)31-22(25(33)35-5)20(24(32)34-4)19(16(13-29)23(31)30)14-9-7-6-8-10-14/h6-12,19H,30H2,1-5H3. The van der Waals surface area contributed by atoms with Crippen LogP contribution in [0.5, 0.6) is 0 Å². The van der Waals surface area contributed by atoms with Crippen LogP contribution in [0.3, 0.4) is 0 Å². The summed E-state index contributed by atoms with van der Waals surface area (Å²) in [4.78, 5) is 27.3. The molecular weight excluding hydrogens is 517 g/mol. The van der Waals surface area contributed by atoms with Crippen LogP contribution in [0.25, 0.3) is 0 Å². The molecule has 1 atom stereocenters. The van der Waals surface area contributed by atoms with E-state index in [1.165, 1.54) is 6.07 Å². The number of nitrogens with zero attached hydrogens (tertiary/aromatic N) is 2. The van der Waals surface area contributed by atoms with Crippen LogP contribution < -0.4 is 10.6 Å². The minimum atomic E-state index is -1.03. The summed E-state index contributed by atoms with van der Waals surface area (Å²) >= 11 is 3.39. The second kappa shape index (κ2) is 9.92. The number of carbonyl (C=O) groups is 2. The summed E-state index contributed by atoms with van der Waals surface area (Å²) in [5.41, 5.74) is 6.56. The van der Waals surface area contributed by atoms with Crippen molar-refractivity contribution < 1.29 is 23.5 Å². The molecular formula is C26H25BrFN3O4. The summed E-state index contributed by atoms with van der Waals surface area (Å²) in [6.07, 6.45) is 0. The Morgan fingerprint density at radius 1 is 1.11 bits per heavy atom. The first-order chi connectivity index (χ1) is 16.5. The van der Waals surface area contributed by atoms with Crippen molar-refractivity contribution in [3.8, 4) is 6.07 Å². The fourth-order valence-corrected chi connectivity index (χ4v) is 4.57. The number of allylic oxidation sites excluding steroid dienone is 1. The zero-order valence-electron chi connectivity index (χ0n) is 20.0. The first-order valence-corrected chi connectivity index (χ1v) is 11.4. The van der Waals surface area contributed by atoms with Gasteiger partial charge in [0.2, 0.25) is 0 Å². The van der Waals surface area contributed by atoms with Crippen molar-refractivity contribution in [1.29, 1.82) is 5.26 Å². The quantitative estimate of drug-likeness (QED) is 0.555. The van der Waals surface area contributed by atoms with Gasteiger partial charge in [0.25, 0.3) is 0 Å². The van der Waals surface area contributed by atoms with E-state index in [2.05, 4.69) is 15.9 Å². The van der Waals surface area contributed by atoms with Gasteiger partial charge in [0.15, 0.2) is 0 Å². The molecule has 0 aliphatic carbocycles. The van der Waals surface area contributed by atoms with Gasteiger partial charge in [-0.15, -0.1) is 0 Å². The van der Waals surface area contributed by atoms with E-state index in [0.29, 0.717) is 11.1 Å². The van der Waals surface area contributed by atoms with Crippen LogP contribution in [-0.2, 0) is 24.5 Å². The van der Waals surface area contributed by atoms with E-state index in [1.54, 1.807) is 36.4 Å². The third kappa shape index (κ3) is 4.66. The van der Waals surface area contributed by atoms with Gasteiger partial charge in [-0.1, -0.05) is 51.1 Å². The Labute approximate surface area is 211 Å². The normalized spacial score (nSPS) is 16.2. The minimum Gasteiger partial charge on any atom is -0.466 e. The van der Waals surface area contributed by atoms with Crippen LogP contribution in [0.2, 0.25) is 0 Å². The molecule has 1 aliphatic heterocycles. The maximum Gasteiger partial charge on any atom is 0.355 e. The van der Waals surface area contributed by atoms with Gasteiger partial charge in [0.05, 0.1) is 43.0 Å². The van der Waals surface area contributed by atoms with Gasteiger partial charge in [0, 0.05) is 4.47 Å². The number of esters is 2. The molecule has 1 aliphatic rings. The van der Waals surface area contributed by atoms with Crippen molar-refractivity contribution in [2.24, 2.45) is 5.73 Å². The Morgan fingerprint density at radius 2 is 1.71 bits per heavy atom. The molecule has 2 aromatic rings. The Bertz CT molecular complexity index is 1270. The number of nitrogens with two attached hydrogens (primary N) is 1. The van der Waals surface area contributed by atoms with Crippen molar-refractivity contribution in [2.75, 3.05) is 19.1 Å². The van der Waals surface area contributed by atoms with Crippen LogP contribution in [0.1, 0.15) is 37.8 Å². The van der Waals surface area contributed by atoms with E-state index in [9.17, 15) is 14.9 Å². The molecule has 2 N–H and O–H groups in total. The Morgan fingerprint density at radius 3 is 2.20 bits per heavy atom. The second-order valence-corrected chi connectivity index (χ2v) is 9.73. The number of hydrogen-bond acceptors (Lipinski definition) is 7. The molecule has 7 nitrogen and oxygen atoms in total. The molecule has 0 fully saturated rings. The maximum atomic E-state index is 15.7. The molecule has 0 amide bonds. The zero-order valence-corrected chi connectivity index (χ0v) is 21.6. The highest BCUT2D eigenvalue weighted by Gasteiger charge is 2.44. The number of ether oxygens (including phenoxy) is 2. The van der Waals surface area contributed by atoms with Crippen LogP contribution >= 0.6 is 15.9 Å². The minimum absolute atomic E-state index is 0.0459. The predicted octanol–water partition coefficient (Wildman–Crippen LogP) is 4.78. The van der Waals surface area contributed by atoms with Crippen molar-refractivity contribution >= 4 is 33.6 Å². The highest BCUT2D eigenvalue weighted by atomic mass is 79.9. The topological polar surface area (TPSA) is 106 Å². The average molecular weight is 542 g/mol. The molecule has 0 bridgehead atoms. The van der Waals surface area contributed by atoms with Crippen molar-refractivity contribution in [3.63, 3.8) is 0 Å². The number of carbonyl (C=O) groups excluding carboxylic acids is 2. The Hall–Kier alpha value is -3.64. The van der Waals surface area contributed by atoms with E-state index in [0.717, 1.165) is 19.1 Å². The molecule has 0 aromatic heterocycles. The number of nitriles is 1. The van der Waals surface area contributed by atoms with Gasteiger partial charge in [-0.25, -0.2) is 14.0 Å². The van der Waals surface area contributed by atoms with Crippen molar-refractivity contribution in [3.05, 3.63) is 86.5 Å². The van der Waals surface area contributed by atoms with E-state index < -0.39 is 23.7 Å². The first kappa shape index (κ1) is 26.0. The summed E-state index contributed by atoms with van der Waals surface area (Å²) in [6, 6.07) is 13.7. The van der Waals surface area contributed by atoms with Gasteiger partial charge in [0.1, 0.15) is 17.3 Å². The SMILES string of the molecule is COC(=O)C1=C(C(=O)OC)N(c2c(F)cc(C(C)(C)C)cc2Br)C(N)=C(C#N)C1c1ccccc1. The van der Waals surface area contributed by atoms with Gasteiger partial charge in [-0.2, -0.15) is 5.26 Å². The molecule has 9 heteroatoms. The number of rotatable bonds is 4. The molecule has 35 heavy (non-hydrogen) atoms. The lowest BCUT2D eigenvalue weighted by molar-refractivity contribution is -0.139. The van der Waals surface area contributed by atoms with Gasteiger partial charge in [-0.05, 0) is 44.6 Å². The first-order valence-electron chi connectivity index (χ1n) is 10.6. The fraction of sp³-hybridized carbons (Fsp3) is 0.269. The fourth-order valence-electron chi connectivity index (χ4n) is 3.96. The predicted molar refractivity (Wildman–Crippen MR) is 132 cm³/mol. The molecule has 2 aromatic carbocycles. The number of hydrogen-bond donors (Lipinski definition) is 1. The lowest BCUT2D eigenvalue weighted by Crippen LogP contribution is -2.41. The lowest BCUT2D eigenvalue weighted by atomic mass is 9.80. The molecule has 0 saturated heterocycles. The molecule has 0 radical (unpaired) electrons. The molecule has 0 spiro atoms. The number of benzene rings is 2. The lowest BCUT2D eigenvalue weighted by Gasteiger charge is -2.36. The molecule has 3 rings (SSSR count). The molecule has 1 heterocycles. The summed E-state index contributed by atoms with van der Waals surface area (Å²) in [5, 5.41) is 10.1. The highest BCUT2D eigenvalue weighted by molar-refractivity contribution is 9.10. The Balaban J connectivity index is 2.46. The third-order valence-electron chi connectivity index (χ3n) is 5.72. The van der Waals surface area contributed by atoms with E-state index in [4.69, 9.17) is 15.2 Å². The number of anilines is 1. The van der Waals surface area contributed by atoms with Crippen molar-refractivity contribution in [1.82, 2.24) is 0 Å². The smallest absolute Gasteiger partial charge is 0.355 e. The van der Waals surface area contributed by atoms with Crippen LogP contribution in [0, 0.1) is 17.1 Å². The maximum absolute atomic E-state index is 15.7. The van der Waals surface area contributed by atoms with Gasteiger partial charge < -0.3 is 15.2 Å². The van der Waals surface area contributed by atoms with E-state index in [1.807, 2.05) is 26.8 Å². The average Bonchev–Trinajstić information content (AvgIpc) is 2.82.